The van der Waals surface area contributed by atoms with Crippen LogP contribution in [0.3, 0.4) is 0 Å². The highest BCUT2D eigenvalue weighted by Gasteiger charge is 2.34. The molecule has 0 bridgehead atoms. The summed E-state index contributed by atoms with van der Waals surface area (Å²) in [7, 11) is 0. The standard InChI is InChI=1S/C26H22ClN3O3/c27-20-12-10-19(11-13-20)26-29-28-24(33-26)16-30(21-14-15-21)25(31)17-32-23-9-5-4-8-22(23)18-6-2-1-3-7-18/h1-13,21H,14-17H2. The fourth-order valence-corrected chi connectivity index (χ4v) is 3.78. The maximum atomic E-state index is 13.1. The molecule has 33 heavy (non-hydrogen) atoms. The topological polar surface area (TPSA) is 68.5 Å². The summed E-state index contributed by atoms with van der Waals surface area (Å²) >= 11 is 5.95. The fraction of sp³-hybridized carbons (Fsp3) is 0.192. The molecule has 1 heterocycles. The van der Waals surface area contributed by atoms with Crippen molar-refractivity contribution in [2.75, 3.05) is 6.61 Å². The van der Waals surface area contributed by atoms with Crippen LogP contribution in [-0.4, -0.2) is 33.7 Å². The van der Waals surface area contributed by atoms with Crippen LogP contribution in [-0.2, 0) is 11.3 Å². The van der Waals surface area contributed by atoms with Crippen molar-refractivity contribution in [3.05, 3.63) is 89.8 Å². The highest BCUT2D eigenvalue weighted by atomic mass is 35.5. The number of ether oxygens (including phenoxy) is 1. The Morgan fingerprint density at radius 1 is 0.939 bits per heavy atom. The summed E-state index contributed by atoms with van der Waals surface area (Å²) in [5.74, 6) is 1.37. The largest absolute Gasteiger partial charge is 0.483 e. The van der Waals surface area contributed by atoms with Gasteiger partial charge >= 0.3 is 0 Å². The number of rotatable bonds is 8. The summed E-state index contributed by atoms with van der Waals surface area (Å²) in [5, 5.41) is 8.89. The van der Waals surface area contributed by atoms with Crippen molar-refractivity contribution in [3.8, 4) is 28.3 Å². The quantitative estimate of drug-likeness (QED) is 0.341. The van der Waals surface area contributed by atoms with Gasteiger partial charge in [0.25, 0.3) is 5.91 Å². The minimum Gasteiger partial charge on any atom is -0.483 e. The van der Waals surface area contributed by atoms with Gasteiger partial charge in [-0.1, -0.05) is 60.1 Å². The molecular weight excluding hydrogens is 438 g/mol. The maximum absolute atomic E-state index is 13.1. The lowest BCUT2D eigenvalue weighted by molar-refractivity contribution is -0.134. The van der Waals surface area contributed by atoms with E-state index in [-0.39, 0.29) is 25.1 Å². The fourth-order valence-electron chi connectivity index (χ4n) is 3.65. The molecule has 6 nitrogen and oxygen atoms in total. The van der Waals surface area contributed by atoms with Gasteiger partial charge in [0, 0.05) is 22.2 Å². The van der Waals surface area contributed by atoms with E-state index in [4.69, 9.17) is 20.8 Å². The molecule has 1 fully saturated rings. The van der Waals surface area contributed by atoms with Crippen LogP contribution in [0.15, 0.2) is 83.3 Å². The minimum atomic E-state index is -0.105. The van der Waals surface area contributed by atoms with Gasteiger partial charge in [0.1, 0.15) is 5.75 Å². The van der Waals surface area contributed by atoms with E-state index in [0.717, 1.165) is 29.5 Å². The van der Waals surface area contributed by atoms with Gasteiger partial charge in [0.05, 0.1) is 6.54 Å². The van der Waals surface area contributed by atoms with Crippen molar-refractivity contribution < 1.29 is 13.9 Å². The zero-order valence-electron chi connectivity index (χ0n) is 17.9. The molecule has 1 saturated carbocycles. The third kappa shape index (κ3) is 5.07. The summed E-state index contributed by atoms with van der Waals surface area (Å²) in [6.45, 7) is 0.201. The van der Waals surface area contributed by atoms with E-state index in [1.54, 1.807) is 17.0 Å². The molecule has 0 atom stereocenters. The van der Waals surface area contributed by atoms with Crippen molar-refractivity contribution in [2.45, 2.75) is 25.4 Å². The molecule has 7 heteroatoms. The van der Waals surface area contributed by atoms with E-state index >= 15 is 0 Å². The van der Waals surface area contributed by atoms with Crippen molar-refractivity contribution in [1.82, 2.24) is 15.1 Å². The number of aromatic nitrogens is 2. The third-order valence-electron chi connectivity index (χ3n) is 5.49. The van der Waals surface area contributed by atoms with Crippen LogP contribution >= 0.6 is 11.6 Å². The number of carbonyl (C=O) groups excluding carboxylic acids is 1. The highest BCUT2D eigenvalue weighted by molar-refractivity contribution is 6.30. The molecule has 1 amide bonds. The summed E-state index contributed by atoms with van der Waals surface area (Å²) in [5.41, 5.74) is 2.77. The van der Waals surface area contributed by atoms with E-state index in [1.807, 2.05) is 66.7 Å². The van der Waals surface area contributed by atoms with Gasteiger partial charge < -0.3 is 14.1 Å². The van der Waals surface area contributed by atoms with Gasteiger partial charge in [-0.3, -0.25) is 4.79 Å². The molecule has 0 saturated heterocycles. The number of carbonyl (C=O) groups is 1. The average Bonchev–Trinajstić information content (AvgIpc) is 3.59. The van der Waals surface area contributed by atoms with Crippen molar-refractivity contribution in [1.29, 1.82) is 0 Å². The Labute approximate surface area is 196 Å². The van der Waals surface area contributed by atoms with Crippen molar-refractivity contribution in [3.63, 3.8) is 0 Å². The molecule has 0 aliphatic heterocycles. The van der Waals surface area contributed by atoms with Gasteiger partial charge in [-0.25, -0.2) is 0 Å². The third-order valence-corrected chi connectivity index (χ3v) is 5.75. The highest BCUT2D eigenvalue weighted by Crippen LogP contribution is 2.31. The van der Waals surface area contributed by atoms with E-state index in [9.17, 15) is 4.79 Å². The molecule has 0 N–H and O–H groups in total. The van der Waals surface area contributed by atoms with Crippen LogP contribution < -0.4 is 4.74 Å². The first-order chi connectivity index (χ1) is 16.2. The van der Waals surface area contributed by atoms with Crippen LogP contribution in [0.1, 0.15) is 18.7 Å². The van der Waals surface area contributed by atoms with Gasteiger partial charge in [-0.05, 0) is 48.7 Å². The number of benzene rings is 3. The predicted octanol–water partition coefficient (Wildman–Crippen LogP) is 5.63. The summed E-state index contributed by atoms with van der Waals surface area (Å²) < 4.78 is 11.8. The summed E-state index contributed by atoms with van der Waals surface area (Å²) in [6, 6.07) is 25.1. The van der Waals surface area contributed by atoms with E-state index in [1.165, 1.54) is 0 Å². The van der Waals surface area contributed by atoms with Crippen molar-refractivity contribution in [2.24, 2.45) is 0 Å². The Bertz CT molecular complexity index is 1240. The molecule has 0 radical (unpaired) electrons. The van der Waals surface area contributed by atoms with E-state index in [0.29, 0.717) is 22.6 Å². The van der Waals surface area contributed by atoms with Crippen LogP contribution in [0.2, 0.25) is 5.02 Å². The monoisotopic (exact) mass is 459 g/mol. The molecule has 166 valence electrons. The van der Waals surface area contributed by atoms with E-state index < -0.39 is 0 Å². The lowest BCUT2D eigenvalue weighted by atomic mass is 10.1. The Morgan fingerprint density at radius 3 is 2.42 bits per heavy atom. The molecular formula is C26H22ClN3O3. The van der Waals surface area contributed by atoms with Crippen molar-refractivity contribution >= 4 is 17.5 Å². The normalized spacial score (nSPS) is 13.0. The molecule has 5 rings (SSSR count). The van der Waals surface area contributed by atoms with Crippen LogP contribution in [0.4, 0.5) is 0 Å². The van der Waals surface area contributed by atoms with Gasteiger partial charge in [-0.15, -0.1) is 10.2 Å². The van der Waals surface area contributed by atoms with E-state index in [2.05, 4.69) is 10.2 Å². The molecule has 0 unspecified atom stereocenters. The summed E-state index contributed by atoms with van der Waals surface area (Å²) in [6.07, 6.45) is 1.93. The van der Waals surface area contributed by atoms with Crippen LogP contribution in [0.25, 0.3) is 22.6 Å². The average molecular weight is 460 g/mol. The Balaban J connectivity index is 1.27. The van der Waals surface area contributed by atoms with Crippen LogP contribution in [0, 0.1) is 0 Å². The van der Waals surface area contributed by atoms with Gasteiger partial charge in [-0.2, -0.15) is 0 Å². The number of nitrogens with zero attached hydrogens (tertiary/aromatic N) is 3. The Kier molecular flexibility index (Phi) is 6.09. The zero-order valence-corrected chi connectivity index (χ0v) is 18.6. The number of halogens is 1. The number of hydrogen-bond acceptors (Lipinski definition) is 5. The maximum Gasteiger partial charge on any atom is 0.261 e. The number of hydrogen-bond donors (Lipinski definition) is 0. The lowest BCUT2D eigenvalue weighted by Crippen LogP contribution is -2.36. The molecule has 3 aromatic carbocycles. The summed E-state index contributed by atoms with van der Waals surface area (Å²) in [4.78, 5) is 14.8. The molecule has 4 aromatic rings. The SMILES string of the molecule is O=C(COc1ccccc1-c1ccccc1)N(Cc1nnc(-c2ccc(Cl)cc2)o1)C1CC1. The molecule has 0 spiro atoms. The predicted molar refractivity (Wildman–Crippen MR) is 126 cm³/mol. The second-order valence-corrected chi connectivity index (χ2v) is 8.35. The first-order valence-corrected chi connectivity index (χ1v) is 11.2. The van der Waals surface area contributed by atoms with Crippen LogP contribution in [0.5, 0.6) is 5.75 Å². The second kappa shape index (κ2) is 9.46. The zero-order chi connectivity index (χ0) is 22.6. The first kappa shape index (κ1) is 21.2. The molecule has 1 aromatic heterocycles. The molecule has 1 aliphatic carbocycles. The molecule has 1 aliphatic rings. The van der Waals surface area contributed by atoms with Gasteiger partial charge in [0.2, 0.25) is 11.8 Å². The smallest absolute Gasteiger partial charge is 0.261 e. The number of para-hydroxylation sites is 1. The Morgan fingerprint density at radius 2 is 1.67 bits per heavy atom. The number of amides is 1. The Hall–Kier alpha value is -3.64. The first-order valence-electron chi connectivity index (χ1n) is 10.8. The lowest BCUT2D eigenvalue weighted by Gasteiger charge is -2.21. The minimum absolute atomic E-state index is 0.0570. The second-order valence-electron chi connectivity index (χ2n) is 7.91. The van der Waals surface area contributed by atoms with Gasteiger partial charge in [0.15, 0.2) is 6.61 Å².